The third-order valence-corrected chi connectivity index (χ3v) is 4.28. The molecule has 0 radical (unpaired) electrons. The third-order valence-electron chi connectivity index (χ3n) is 4.28. The van der Waals surface area contributed by atoms with Crippen LogP contribution >= 0.6 is 0 Å². The van der Waals surface area contributed by atoms with Crippen LogP contribution in [0.15, 0.2) is 0 Å². The summed E-state index contributed by atoms with van der Waals surface area (Å²) in [7, 11) is 1.80. The van der Waals surface area contributed by atoms with Crippen molar-refractivity contribution in [2.24, 2.45) is 5.73 Å². The quantitative estimate of drug-likeness (QED) is 0.695. The largest absolute Gasteiger partial charge is 0.368 e. The number of rotatable bonds is 6. The number of hydrogen-bond donors (Lipinski definition) is 2. The zero-order chi connectivity index (χ0) is 13.8. The number of nitrogens with one attached hydrogen (secondary N) is 1. The van der Waals surface area contributed by atoms with Gasteiger partial charge in [0.2, 0.25) is 5.91 Å². The van der Waals surface area contributed by atoms with E-state index in [1.54, 1.807) is 7.05 Å². The molecular formula is C13H28N4O. The Morgan fingerprint density at radius 3 is 2.33 bits per heavy atom. The van der Waals surface area contributed by atoms with E-state index in [9.17, 15) is 4.79 Å². The molecule has 18 heavy (non-hydrogen) atoms. The highest BCUT2D eigenvalue weighted by molar-refractivity contribution is 5.84. The van der Waals surface area contributed by atoms with Gasteiger partial charge >= 0.3 is 0 Å². The highest BCUT2D eigenvalue weighted by Crippen LogP contribution is 2.17. The molecule has 1 amide bonds. The van der Waals surface area contributed by atoms with Gasteiger partial charge in [-0.05, 0) is 33.9 Å². The van der Waals surface area contributed by atoms with Crippen molar-refractivity contribution in [1.82, 2.24) is 15.1 Å². The van der Waals surface area contributed by atoms with Gasteiger partial charge in [0.25, 0.3) is 0 Å². The third kappa shape index (κ3) is 3.67. The fourth-order valence-electron chi connectivity index (χ4n) is 2.57. The first-order valence-corrected chi connectivity index (χ1v) is 6.88. The highest BCUT2D eigenvalue weighted by Gasteiger charge is 2.33. The standard InChI is InChI=1S/C13H28N4O/c1-5-16-6-8-17(9-7-16)11(2)10-13(3,15-4)12(14)18/h11,15H,5-10H2,1-4H3,(H2,14,18). The van der Waals surface area contributed by atoms with Crippen LogP contribution in [0.1, 0.15) is 27.2 Å². The minimum absolute atomic E-state index is 0.274. The maximum Gasteiger partial charge on any atom is 0.237 e. The van der Waals surface area contributed by atoms with E-state index in [0.29, 0.717) is 6.04 Å². The monoisotopic (exact) mass is 256 g/mol. The van der Waals surface area contributed by atoms with Crippen molar-refractivity contribution in [2.75, 3.05) is 39.8 Å². The molecule has 5 nitrogen and oxygen atoms in total. The van der Waals surface area contributed by atoms with Crippen LogP contribution in [0.4, 0.5) is 0 Å². The SMILES string of the molecule is CCN1CCN(C(C)CC(C)(NC)C(N)=O)CC1. The van der Waals surface area contributed by atoms with Gasteiger partial charge in [-0.3, -0.25) is 9.69 Å². The lowest BCUT2D eigenvalue weighted by Gasteiger charge is -2.40. The topological polar surface area (TPSA) is 61.6 Å². The van der Waals surface area contributed by atoms with E-state index in [1.807, 2.05) is 6.92 Å². The summed E-state index contributed by atoms with van der Waals surface area (Å²) >= 11 is 0. The Labute approximate surface area is 111 Å². The molecule has 0 aromatic carbocycles. The van der Waals surface area contributed by atoms with Crippen molar-refractivity contribution in [3.05, 3.63) is 0 Å². The molecule has 5 heteroatoms. The second-order valence-corrected chi connectivity index (χ2v) is 5.47. The van der Waals surface area contributed by atoms with Gasteiger partial charge < -0.3 is 16.0 Å². The van der Waals surface area contributed by atoms with Crippen LogP contribution in [0.2, 0.25) is 0 Å². The number of hydrogen-bond acceptors (Lipinski definition) is 4. The Hall–Kier alpha value is -0.650. The molecule has 106 valence electrons. The molecule has 1 fully saturated rings. The molecule has 3 N–H and O–H groups in total. The van der Waals surface area contributed by atoms with Gasteiger partial charge in [-0.15, -0.1) is 0 Å². The predicted octanol–water partition coefficient (Wildman–Crippen LogP) is -0.134. The number of carbonyl (C=O) groups excluding carboxylic acids is 1. The van der Waals surface area contributed by atoms with Crippen molar-refractivity contribution in [3.63, 3.8) is 0 Å². The van der Waals surface area contributed by atoms with Gasteiger partial charge in [0.1, 0.15) is 0 Å². The van der Waals surface area contributed by atoms with E-state index in [0.717, 1.165) is 39.1 Å². The summed E-state index contributed by atoms with van der Waals surface area (Å²) in [6.45, 7) is 11.8. The van der Waals surface area contributed by atoms with Crippen LogP contribution in [0.25, 0.3) is 0 Å². The van der Waals surface area contributed by atoms with Gasteiger partial charge in [0, 0.05) is 32.2 Å². The zero-order valence-electron chi connectivity index (χ0n) is 12.2. The average Bonchev–Trinajstić information content (AvgIpc) is 2.38. The maximum atomic E-state index is 11.5. The van der Waals surface area contributed by atoms with E-state index >= 15 is 0 Å². The fraction of sp³-hybridized carbons (Fsp3) is 0.923. The Balaban J connectivity index is 2.50. The molecule has 1 aliphatic heterocycles. The molecule has 1 aliphatic rings. The number of carbonyl (C=O) groups is 1. The minimum atomic E-state index is -0.610. The van der Waals surface area contributed by atoms with Crippen LogP contribution < -0.4 is 11.1 Å². The highest BCUT2D eigenvalue weighted by atomic mass is 16.1. The lowest BCUT2D eigenvalue weighted by molar-refractivity contribution is -0.124. The van der Waals surface area contributed by atoms with Crippen molar-refractivity contribution in [3.8, 4) is 0 Å². The van der Waals surface area contributed by atoms with E-state index in [4.69, 9.17) is 5.73 Å². The van der Waals surface area contributed by atoms with Gasteiger partial charge in [-0.2, -0.15) is 0 Å². The molecule has 0 aromatic rings. The van der Waals surface area contributed by atoms with Gasteiger partial charge in [-0.1, -0.05) is 6.92 Å². The first kappa shape index (κ1) is 15.4. The van der Waals surface area contributed by atoms with Crippen molar-refractivity contribution >= 4 is 5.91 Å². The number of amides is 1. The second-order valence-electron chi connectivity index (χ2n) is 5.47. The smallest absolute Gasteiger partial charge is 0.237 e. The van der Waals surface area contributed by atoms with Gasteiger partial charge in [-0.25, -0.2) is 0 Å². The number of primary amides is 1. The first-order chi connectivity index (χ1) is 8.42. The summed E-state index contributed by atoms with van der Waals surface area (Å²) in [5, 5.41) is 3.06. The molecule has 1 saturated heterocycles. The van der Waals surface area contributed by atoms with Crippen LogP contribution in [-0.2, 0) is 4.79 Å². The number of piperazine rings is 1. The Bertz CT molecular complexity index is 276. The maximum absolute atomic E-state index is 11.5. The summed E-state index contributed by atoms with van der Waals surface area (Å²) in [4.78, 5) is 16.4. The molecule has 1 rings (SSSR count). The minimum Gasteiger partial charge on any atom is -0.368 e. The fourth-order valence-corrected chi connectivity index (χ4v) is 2.57. The Morgan fingerprint density at radius 1 is 1.39 bits per heavy atom. The van der Waals surface area contributed by atoms with Crippen molar-refractivity contribution in [1.29, 1.82) is 0 Å². The number of likely N-dealkylation sites (N-methyl/N-ethyl adjacent to an activating group) is 2. The number of nitrogens with zero attached hydrogens (tertiary/aromatic N) is 2. The van der Waals surface area contributed by atoms with Crippen LogP contribution in [0, 0.1) is 0 Å². The van der Waals surface area contributed by atoms with E-state index in [-0.39, 0.29) is 5.91 Å². The van der Waals surface area contributed by atoms with Gasteiger partial charge in [0.05, 0.1) is 5.54 Å². The molecule has 0 aliphatic carbocycles. The Kier molecular flexibility index (Phi) is 5.56. The molecule has 0 saturated carbocycles. The number of nitrogens with two attached hydrogens (primary N) is 1. The van der Waals surface area contributed by atoms with Crippen LogP contribution in [-0.4, -0.2) is 67.1 Å². The van der Waals surface area contributed by atoms with Gasteiger partial charge in [0.15, 0.2) is 0 Å². The van der Waals surface area contributed by atoms with E-state index in [2.05, 4.69) is 29.0 Å². The molecule has 0 aromatic heterocycles. The molecule has 2 atom stereocenters. The normalized spacial score (nSPS) is 23.6. The second kappa shape index (κ2) is 6.50. The van der Waals surface area contributed by atoms with Crippen LogP contribution in [0.5, 0.6) is 0 Å². The molecular weight excluding hydrogens is 228 g/mol. The average molecular weight is 256 g/mol. The zero-order valence-corrected chi connectivity index (χ0v) is 12.2. The summed E-state index contributed by atoms with van der Waals surface area (Å²) in [5.74, 6) is -0.274. The molecule has 1 heterocycles. The molecule has 0 bridgehead atoms. The molecule has 0 spiro atoms. The Morgan fingerprint density at radius 2 is 1.94 bits per heavy atom. The predicted molar refractivity (Wildman–Crippen MR) is 74.4 cm³/mol. The van der Waals surface area contributed by atoms with Crippen LogP contribution in [0.3, 0.4) is 0 Å². The van der Waals surface area contributed by atoms with Crippen molar-refractivity contribution < 1.29 is 4.79 Å². The summed E-state index contributed by atoms with van der Waals surface area (Å²) in [6.07, 6.45) is 0.755. The lowest BCUT2D eigenvalue weighted by Crippen LogP contribution is -2.57. The van der Waals surface area contributed by atoms with E-state index in [1.165, 1.54) is 0 Å². The summed E-state index contributed by atoms with van der Waals surface area (Å²) < 4.78 is 0. The molecule has 2 unspecified atom stereocenters. The first-order valence-electron chi connectivity index (χ1n) is 6.88. The summed E-state index contributed by atoms with van der Waals surface area (Å²) in [5.41, 5.74) is 4.86. The summed E-state index contributed by atoms with van der Waals surface area (Å²) in [6, 6.07) is 0.369. The van der Waals surface area contributed by atoms with Crippen molar-refractivity contribution in [2.45, 2.75) is 38.8 Å². The van der Waals surface area contributed by atoms with E-state index < -0.39 is 5.54 Å². The lowest BCUT2D eigenvalue weighted by atomic mass is 9.92.